The molecule has 8 heteroatoms. The van der Waals surface area contributed by atoms with E-state index in [0.717, 1.165) is 0 Å². The Morgan fingerprint density at radius 2 is 1.89 bits per heavy atom. The maximum Gasteiger partial charge on any atom is 0.240 e. The van der Waals surface area contributed by atoms with Gasteiger partial charge in [0.25, 0.3) is 0 Å². The van der Waals surface area contributed by atoms with Gasteiger partial charge in [0.15, 0.2) is 9.84 Å². The van der Waals surface area contributed by atoms with Gasteiger partial charge < -0.3 is 0 Å². The van der Waals surface area contributed by atoms with E-state index in [0.29, 0.717) is 11.4 Å². The van der Waals surface area contributed by atoms with Gasteiger partial charge in [-0.25, -0.2) is 21.6 Å². The molecule has 19 heavy (non-hydrogen) atoms. The van der Waals surface area contributed by atoms with Gasteiger partial charge in [-0.05, 0) is 36.6 Å². The van der Waals surface area contributed by atoms with Crippen LogP contribution in [0, 0.1) is 5.92 Å². The van der Waals surface area contributed by atoms with Gasteiger partial charge in [0.05, 0.1) is 16.4 Å². The molecule has 0 amide bonds. The summed E-state index contributed by atoms with van der Waals surface area (Å²) < 4.78 is 48.9. The first-order valence-electron chi connectivity index (χ1n) is 5.74. The lowest BCUT2D eigenvalue weighted by Crippen LogP contribution is -2.29. The number of sulfonamides is 1. The van der Waals surface area contributed by atoms with Gasteiger partial charge in [-0.1, -0.05) is 11.6 Å². The van der Waals surface area contributed by atoms with Gasteiger partial charge >= 0.3 is 0 Å². The minimum atomic E-state index is -3.61. The maximum absolute atomic E-state index is 12.0. The van der Waals surface area contributed by atoms with E-state index in [1.165, 1.54) is 24.3 Å². The van der Waals surface area contributed by atoms with Gasteiger partial charge in [-0.2, -0.15) is 0 Å². The third kappa shape index (κ3) is 3.92. The molecule has 106 valence electrons. The van der Waals surface area contributed by atoms with E-state index in [1.807, 2.05) is 0 Å². The number of halogens is 1. The van der Waals surface area contributed by atoms with Crippen LogP contribution in [-0.2, 0) is 19.9 Å². The summed E-state index contributed by atoms with van der Waals surface area (Å²) in [5.74, 6) is 0.0447. The summed E-state index contributed by atoms with van der Waals surface area (Å²) in [6.45, 7) is 0.143. The summed E-state index contributed by atoms with van der Waals surface area (Å²) in [6, 6.07) is 5.82. The predicted molar refractivity (Wildman–Crippen MR) is 73.4 cm³/mol. The van der Waals surface area contributed by atoms with Crippen LogP contribution in [0.1, 0.15) is 6.42 Å². The zero-order valence-electron chi connectivity index (χ0n) is 10.0. The van der Waals surface area contributed by atoms with E-state index in [4.69, 9.17) is 11.6 Å². The number of hydrogen-bond donors (Lipinski definition) is 1. The number of sulfone groups is 1. The van der Waals surface area contributed by atoms with Gasteiger partial charge in [0.2, 0.25) is 10.0 Å². The Kier molecular flexibility index (Phi) is 4.20. The second-order valence-corrected chi connectivity index (χ2v) is 9.01. The maximum atomic E-state index is 12.0. The van der Waals surface area contributed by atoms with E-state index in [2.05, 4.69) is 4.72 Å². The fourth-order valence-corrected chi connectivity index (χ4v) is 5.06. The Hall–Kier alpha value is -0.630. The minimum absolute atomic E-state index is 0.0517. The van der Waals surface area contributed by atoms with Crippen molar-refractivity contribution in [3.8, 4) is 0 Å². The van der Waals surface area contributed by atoms with Crippen molar-refractivity contribution in [3.05, 3.63) is 29.3 Å². The van der Waals surface area contributed by atoms with E-state index in [9.17, 15) is 16.8 Å². The minimum Gasteiger partial charge on any atom is -0.229 e. The molecule has 0 unspecified atom stereocenters. The largest absolute Gasteiger partial charge is 0.240 e. The van der Waals surface area contributed by atoms with E-state index in [-0.39, 0.29) is 28.9 Å². The molecule has 1 N–H and O–H groups in total. The Balaban J connectivity index is 2.01. The van der Waals surface area contributed by atoms with Gasteiger partial charge in [-0.15, -0.1) is 0 Å². The Morgan fingerprint density at radius 1 is 1.26 bits per heavy atom. The number of rotatable bonds is 4. The molecule has 5 nitrogen and oxygen atoms in total. The normalized spacial score (nSPS) is 22.5. The first kappa shape index (κ1) is 14.8. The summed E-state index contributed by atoms with van der Waals surface area (Å²) in [5, 5.41) is 0.459. The molecular weight excluding hydrogens is 310 g/mol. The zero-order valence-corrected chi connectivity index (χ0v) is 12.4. The molecule has 1 heterocycles. The van der Waals surface area contributed by atoms with Gasteiger partial charge in [0, 0.05) is 11.6 Å². The van der Waals surface area contributed by atoms with Crippen molar-refractivity contribution in [3.63, 3.8) is 0 Å². The molecule has 0 aromatic heterocycles. The van der Waals surface area contributed by atoms with Crippen molar-refractivity contribution >= 4 is 31.5 Å². The molecule has 1 aromatic carbocycles. The predicted octanol–water partition coefficient (Wildman–Crippen LogP) is 1.05. The summed E-state index contributed by atoms with van der Waals surface area (Å²) in [7, 11) is -6.59. The van der Waals surface area contributed by atoms with Crippen LogP contribution >= 0.6 is 11.6 Å². The molecular formula is C11H14ClNO4S2. The van der Waals surface area contributed by atoms with Crippen LogP contribution < -0.4 is 4.72 Å². The molecule has 0 bridgehead atoms. The third-order valence-corrected chi connectivity index (χ3v) is 6.54. The summed E-state index contributed by atoms with van der Waals surface area (Å²) in [5.41, 5.74) is 0. The Labute approximate surface area is 117 Å². The van der Waals surface area contributed by atoms with Gasteiger partial charge in [0.1, 0.15) is 0 Å². The molecule has 0 radical (unpaired) electrons. The average Bonchev–Trinajstić information content (AvgIpc) is 2.67. The number of benzene rings is 1. The lowest BCUT2D eigenvalue weighted by molar-refractivity contribution is 0.543. The van der Waals surface area contributed by atoms with Gasteiger partial charge in [-0.3, -0.25) is 0 Å². The second-order valence-electron chi connectivity index (χ2n) is 4.57. The highest BCUT2D eigenvalue weighted by Crippen LogP contribution is 2.19. The number of nitrogens with one attached hydrogen (secondary N) is 1. The molecule has 0 aliphatic carbocycles. The van der Waals surface area contributed by atoms with E-state index in [1.54, 1.807) is 0 Å². The molecule has 0 spiro atoms. The van der Waals surface area contributed by atoms with Crippen LogP contribution in [0.4, 0.5) is 0 Å². The van der Waals surface area contributed by atoms with E-state index < -0.39 is 19.9 Å². The van der Waals surface area contributed by atoms with Crippen LogP contribution in [0.25, 0.3) is 0 Å². The molecule has 1 aliphatic rings. The highest BCUT2D eigenvalue weighted by atomic mass is 35.5. The van der Waals surface area contributed by atoms with Crippen LogP contribution in [0.2, 0.25) is 5.02 Å². The van der Waals surface area contributed by atoms with Crippen molar-refractivity contribution in [2.24, 2.45) is 5.92 Å². The fraction of sp³-hybridized carbons (Fsp3) is 0.455. The van der Waals surface area contributed by atoms with E-state index >= 15 is 0 Å². The average molecular weight is 324 g/mol. The second kappa shape index (κ2) is 5.40. The zero-order chi connectivity index (χ0) is 14.1. The summed E-state index contributed by atoms with van der Waals surface area (Å²) in [4.78, 5) is 0.123. The van der Waals surface area contributed by atoms with Crippen LogP contribution in [0.3, 0.4) is 0 Å². The first-order valence-corrected chi connectivity index (χ1v) is 9.42. The first-order chi connectivity index (χ1) is 8.78. The Morgan fingerprint density at radius 3 is 2.42 bits per heavy atom. The lowest BCUT2D eigenvalue weighted by atomic mass is 10.1. The van der Waals surface area contributed by atoms with Crippen LogP contribution in [0.15, 0.2) is 29.2 Å². The molecule has 0 saturated carbocycles. The molecule has 1 fully saturated rings. The van der Waals surface area contributed by atoms with Crippen LogP contribution in [0.5, 0.6) is 0 Å². The van der Waals surface area contributed by atoms with Crippen molar-refractivity contribution in [1.82, 2.24) is 4.72 Å². The molecule has 1 aromatic rings. The quantitative estimate of drug-likeness (QED) is 0.898. The monoisotopic (exact) mass is 323 g/mol. The van der Waals surface area contributed by atoms with Crippen molar-refractivity contribution in [2.45, 2.75) is 11.3 Å². The topological polar surface area (TPSA) is 80.3 Å². The SMILES string of the molecule is O=S1(=O)CC[C@H](CNS(=O)(=O)c2ccc(Cl)cc2)C1. The third-order valence-electron chi connectivity index (χ3n) is 3.01. The summed E-state index contributed by atoms with van der Waals surface area (Å²) in [6.07, 6.45) is 0.505. The highest BCUT2D eigenvalue weighted by Gasteiger charge is 2.28. The molecule has 1 atom stereocenters. The van der Waals surface area contributed by atoms with Crippen LogP contribution in [-0.4, -0.2) is 34.9 Å². The highest BCUT2D eigenvalue weighted by molar-refractivity contribution is 7.91. The van der Waals surface area contributed by atoms with Crippen molar-refractivity contribution in [2.75, 3.05) is 18.1 Å². The van der Waals surface area contributed by atoms with Crippen molar-refractivity contribution < 1.29 is 16.8 Å². The summed E-state index contributed by atoms with van der Waals surface area (Å²) >= 11 is 5.69. The Bertz CT molecular complexity index is 652. The standard InChI is InChI=1S/C11H14ClNO4S2/c12-10-1-3-11(4-2-10)19(16,17)13-7-9-5-6-18(14,15)8-9/h1-4,9,13H,5-8H2/t9-/m1/s1. The lowest BCUT2D eigenvalue weighted by Gasteiger charge is -2.10. The van der Waals surface area contributed by atoms with Crippen molar-refractivity contribution in [1.29, 1.82) is 0 Å². The molecule has 2 rings (SSSR count). The fourth-order valence-electron chi connectivity index (χ4n) is 1.96. The molecule has 1 saturated heterocycles. The smallest absolute Gasteiger partial charge is 0.229 e. The molecule has 1 aliphatic heterocycles. The number of hydrogen-bond acceptors (Lipinski definition) is 4.